The maximum absolute atomic E-state index is 5.89. The Bertz CT molecular complexity index is 674. The topological polar surface area (TPSA) is 82.6 Å². The molecule has 3 rings (SSSR count). The monoisotopic (exact) mass is 557 g/mol. The van der Waals surface area contributed by atoms with Crippen LogP contribution in [0.25, 0.3) is 0 Å². The summed E-state index contributed by atoms with van der Waals surface area (Å²) in [5, 5.41) is 7.50. The van der Waals surface area contributed by atoms with E-state index >= 15 is 0 Å². The number of rotatable bonds is 22. The second-order valence-electron chi connectivity index (χ2n) is 12.8. The van der Waals surface area contributed by atoms with E-state index < -0.39 is 0 Å². The van der Waals surface area contributed by atoms with Gasteiger partial charge in [0.2, 0.25) is 0 Å². The van der Waals surface area contributed by atoms with Gasteiger partial charge in [0.05, 0.1) is 0 Å². The van der Waals surface area contributed by atoms with Gasteiger partial charge in [-0.25, -0.2) is 0 Å². The molecule has 6 heteroatoms. The summed E-state index contributed by atoms with van der Waals surface area (Å²) in [7, 11) is 0. The SMILES string of the molecule is NCCCN(CCCNCC1CCCCC1)Cc1cccc(CN(CCCN)CCCNCC2CCCCC2)c1. The van der Waals surface area contributed by atoms with Crippen LogP contribution < -0.4 is 22.1 Å². The molecule has 0 unspecified atom stereocenters. The molecule has 0 bridgehead atoms. The van der Waals surface area contributed by atoms with Crippen LogP contribution in [0.3, 0.4) is 0 Å². The highest BCUT2D eigenvalue weighted by molar-refractivity contribution is 5.23. The van der Waals surface area contributed by atoms with Crippen molar-refractivity contribution < 1.29 is 0 Å². The van der Waals surface area contributed by atoms with Crippen LogP contribution in [0.4, 0.5) is 0 Å². The van der Waals surface area contributed by atoms with E-state index in [1.165, 1.54) is 101 Å². The molecule has 0 radical (unpaired) electrons. The molecule has 2 aliphatic carbocycles. The number of nitrogens with zero attached hydrogens (tertiary/aromatic N) is 2. The molecule has 0 spiro atoms. The smallest absolute Gasteiger partial charge is 0.0233 e. The highest BCUT2D eigenvalue weighted by Gasteiger charge is 2.14. The average molecular weight is 557 g/mol. The number of benzene rings is 1. The van der Waals surface area contributed by atoms with Crippen LogP contribution in [0.15, 0.2) is 24.3 Å². The van der Waals surface area contributed by atoms with Crippen molar-refractivity contribution in [1.29, 1.82) is 0 Å². The molecule has 0 saturated heterocycles. The first-order chi connectivity index (χ1) is 19.8. The third-order valence-electron chi connectivity index (χ3n) is 9.13. The first-order valence-corrected chi connectivity index (χ1v) is 17.1. The van der Waals surface area contributed by atoms with Crippen LogP contribution in [0.5, 0.6) is 0 Å². The van der Waals surface area contributed by atoms with Crippen LogP contribution in [-0.2, 0) is 13.1 Å². The predicted octanol–water partition coefficient (Wildman–Crippen LogP) is 5.11. The van der Waals surface area contributed by atoms with Gasteiger partial charge in [-0.05, 0) is 140 Å². The maximum Gasteiger partial charge on any atom is 0.0233 e. The van der Waals surface area contributed by atoms with Gasteiger partial charge in [0, 0.05) is 13.1 Å². The number of nitrogens with one attached hydrogen (secondary N) is 2. The molecule has 1 aromatic carbocycles. The van der Waals surface area contributed by atoms with Gasteiger partial charge in [-0.1, -0.05) is 62.8 Å². The Morgan fingerprint density at radius 1 is 0.600 bits per heavy atom. The van der Waals surface area contributed by atoms with E-state index in [9.17, 15) is 0 Å². The molecule has 0 heterocycles. The van der Waals surface area contributed by atoms with E-state index in [-0.39, 0.29) is 0 Å². The van der Waals surface area contributed by atoms with E-state index in [0.717, 1.165) is 90.1 Å². The molecular weight excluding hydrogens is 492 g/mol. The molecule has 0 aromatic heterocycles. The Balaban J connectivity index is 1.40. The Labute approximate surface area is 247 Å². The van der Waals surface area contributed by atoms with E-state index in [1.807, 2.05) is 0 Å². The third-order valence-corrected chi connectivity index (χ3v) is 9.13. The summed E-state index contributed by atoms with van der Waals surface area (Å²) in [5.74, 6) is 1.82. The Hall–Kier alpha value is -1.02. The van der Waals surface area contributed by atoms with Crippen molar-refractivity contribution in [1.82, 2.24) is 20.4 Å². The maximum atomic E-state index is 5.89. The van der Waals surface area contributed by atoms with Crippen molar-refractivity contribution in [2.45, 2.75) is 103 Å². The molecule has 6 N–H and O–H groups in total. The summed E-state index contributed by atoms with van der Waals surface area (Å²) >= 11 is 0. The molecule has 0 aliphatic heterocycles. The molecule has 2 saturated carbocycles. The highest BCUT2D eigenvalue weighted by Crippen LogP contribution is 2.23. The minimum Gasteiger partial charge on any atom is -0.330 e. The molecule has 2 aliphatic rings. The van der Waals surface area contributed by atoms with E-state index in [2.05, 4.69) is 44.7 Å². The molecule has 0 amide bonds. The van der Waals surface area contributed by atoms with Crippen LogP contribution in [-0.4, -0.2) is 75.2 Å². The number of nitrogens with two attached hydrogens (primary N) is 2. The van der Waals surface area contributed by atoms with Gasteiger partial charge in [-0.15, -0.1) is 0 Å². The fourth-order valence-electron chi connectivity index (χ4n) is 6.76. The normalized spacial score (nSPS) is 17.3. The van der Waals surface area contributed by atoms with Crippen LogP contribution in [0, 0.1) is 11.8 Å². The van der Waals surface area contributed by atoms with Crippen LogP contribution in [0.2, 0.25) is 0 Å². The summed E-state index contributed by atoms with van der Waals surface area (Å²) in [6.45, 7) is 12.7. The standard InChI is InChI=1S/C34H64N6/c35-18-8-22-39(24-10-20-37-27-31-12-3-1-4-13-31)29-33-16-7-17-34(26-33)30-40(23-9-19-36)25-11-21-38-28-32-14-5-2-6-15-32/h7,16-17,26,31-32,37-38H,1-6,8-15,18-25,27-30,35-36H2. The van der Waals surface area contributed by atoms with Crippen molar-refractivity contribution in [2.24, 2.45) is 23.3 Å². The van der Waals surface area contributed by atoms with Gasteiger partial charge >= 0.3 is 0 Å². The molecular formula is C34H64N6. The lowest BCUT2D eigenvalue weighted by Gasteiger charge is -2.25. The minimum absolute atomic E-state index is 0.766. The highest BCUT2D eigenvalue weighted by atomic mass is 15.1. The van der Waals surface area contributed by atoms with Crippen molar-refractivity contribution in [3.8, 4) is 0 Å². The largest absolute Gasteiger partial charge is 0.330 e. The third kappa shape index (κ3) is 14.7. The van der Waals surface area contributed by atoms with Crippen molar-refractivity contribution in [3.05, 3.63) is 35.4 Å². The molecule has 2 fully saturated rings. The van der Waals surface area contributed by atoms with E-state index in [0.29, 0.717) is 0 Å². The van der Waals surface area contributed by atoms with Crippen molar-refractivity contribution in [3.63, 3.8) is 0 Å². The van der Waals surface area contributed by atoms with Gasteiger partial charge in [-0.2, -0.15) is 0 Å². The Kier molecular flexibility index (Phi) is 18.1. The molecule has 1 aromatic rings. The molecule has 40 heavy (non-hydrogen) atoms. The zero-order chi connectivity index (χ0) is 28.1. The first-order valence-electron chi connectivity index (χ1n) is 17.1. The lowest BCUT2D eigenvalue weighted by Crippen LogP contribution is -2.31. The molecule has 0 atom stereocenters. The fraction of sp³-hybridized carbons (Fsp3) is 0.824. The quantitative estimate of drug-likeness (QED) is 0.149. The second kappa shape index (κ2) is 21.6. The Morgan fingerprint density at radius 2 is 1.02 bits per heavy atom. The lowest BCUT2D eigenvalue weighted by atomic mass is 9.89. The lowest BCUT2D eigenvalue weighted by molar-refractivity contribution is 0.253. The van der Waals surface area contributed by atoms with Crippen molar-refractivity contribution in [2.75, 3.05) is 65.4 Å². The van der Waals surface area contributed by atoms with E-state index in [1.54, 1.807) is 0 Å². The number of hydrogen-bond donors (Lipinski definition) is 4. The van der Waals surface area contributed by atoms with Gasteiger partial charge in [0.15, 0.2) is 0 Å². The Morgan fingerprint density at radius 3 is 1.45 bits per heavy atom. The van der Waals surface area contributed by atoms with Gasteiger partial charge in [-0.3, -0.25) is 9.80 Å². The van der Waals surface area contributed by atoms with E-state index in [4.69, 9.17) is 11.5 Å². The van der Waals surface area contributed by atoms with Gasteiger partial charge in [0.1, 0.15) is 0 Å². The fourth-order valence-corrected chi connectivity index (χ4v) is 6.76. The van der Waals surface area contributed by atoms with Gasteiger partial charge < -0.3 is 22.1 Å². The zero-order valence-electron chi connectivity index (χ0n) is 25.9. The summed E-state index contributed by atoms with van der Waals surface area (Å²) in [5.41, 5.74) is 14.6. The summed E-state index contributed by atoms with van der Waals surface area (Å²) in [4.78, 5) is 5.22. The summed E-state index contributed by atoms with van der Waals surface area (Å²) in [6, 6.07) is 9.30. The van der Waals surface area contributed by atoms with Crippen molar-refractivity contribution >= 4 is 0 Å². The molecule has 230 valence electrons. The summed E-state index contributed by atoms with van der Waals surface area (Å²) < 4.78 is 0. The summed E-state index contributed by atoms with van der Waals surface area (Å²) in [6.07, 6.45) is 18.8. The second-order valence-corrected chi connectivity index (χ2v) is 12.8. The van der Waals surface area contributed by atoms with Gasteiger partial charge in [0.25, 0.3) is 0 Å². The predicted molar refractivity (Wildman–Crippen MR) is 172 cm³/mol. The zero-order valence-corrected chi connectivity index (χ0v) is 25.9. The van der Waals surface area contributed by atoms with Crippen LogP contribution >= 0.6 is 0 Å². The van der Waals surface area contributed by atoms with Crippen LogP contribution in [0.1, 0.15) is 101 Å². The minimum atomic E-state index is 0.766. The molecule has 6 nitrogen and oxygen atoms in total. The number of hydrogen-bond acceptors (Lipinski definition) is 6. The first kappa shape index (κ1) is 33.5. The average Bonchev–Trinajstić information content (AvgIpc) is 2.99.